The van der Waals surface area contributed by atoms with E-state index in [0.717, 1.165) is 24.2 Å². The Kier molecular flexibility index (Phi) is 3.57. The number of benzene rings is 1. The minimum Gasteiger partial charge on any atom is -0.497 e. The summed E-state index contributed by atoms with van der Waals surface area (Å²) in [7, 11) is 1.62. The van der Waals surface area contributed by atoms with E-state index < -0.39 is 12.0 Å². The first-order chi connectivity index (χ1) is 10.1. The van der Waals surface area contributed by atoms with Gasteiger partial charge in [0, 0.05) is 12.5 Å². The van der Waals surface area contributed by atoms with Crippen LogP contribution in [0.4, 0.5) is 0 Å². The van der Waals surface area contributed by atoms with Gasteiger partial charge in [0.1, 0.15) is 11.8 Å². The fourth-order valence-corrected chi connectivity index (χ4v) is 3.21. The van der Waals surface area contributed by atoms with Crippen LogP contribution in [0, 0.1) is 5.92 Å². The lowest BCUT2D eigenvalue weighted by atomic mass is 10.1. The molecule has 1 saturated carbocycles. The fraction of sp³-hybridized carbons (Fsp3) is 0.500. The van der Waals surface area contributed by atoms with Crippen molar-refractivity contribution in [2.75, 3.05) is 13.7 Å². The molecule has 112 valence electrons. The van der Waals surface area contributed by atoms with Crippen LogP contribution in [0.5, 0.6) is 5.75 Å². The fourth-order valence-electron chi connectivity index (χ4n) is 3.21. The van der Waals surface area contributed by atoms with Crippen molar-refractivity contribution in [3.63, 3.8) is 0 Å². The first-order valence-corrected chi connectivity index (χ1v) is 7.29. The Balaban J connectivity index is 1.69. The summed E-state index contributed by atoms with van der Waals surface area (Å²) in [6.45, 7) is 0.567. The lowest BCUT2D eigenvalue weighted by Crippen LogP contribution is -2.41. The number of likely N-dealkylation sites (tertiary alicyclic amines) is 1. The minimum absolute atomic E-state index is 0.00674. The van der Waals surface area contributed by atoms with Gasteiger partial charge < -0.3 is 14.7 Å². The molecule has 0 aromatic heterocycles. The number of methoxy groups -OCH3 is 1. The summed E-state index contributed by atoms with van der Waals surface area (Å²) < 4.78 is 5.20. The van der Waals surface area contributed by atoms with Crippen molar-refractivity contribution in [2.45, 2.75) is 31.2 Å². The van der Waals surface area contributed by atoms with Crippen LogP contribution in [-0.4, -0.2) is 41.6 Å². The van der Waals surface area contributed by atoms with Gasteiger partial charge in [-0.1, -0.05) is 12.1 Å². The summed E-state index contributed by atoms with van der Waals surface area (Å²) in [6, 6.07) is 7.12. The van der Waals surface area contributed by atoms with E-state index in [9.17, 15) is 14.7 Å². The number of nitrogens with zero attached hydrogens (tertiary/aromatic N) is 1. The Morgan fingerprint density at radius 2 is 2.19 bits per heavy atom. The van der Waals surface area contributed by atoms with Gasteiger partial charge in [0.2, 0.25) is 5.91 Å². The van der Waals surface area contributed by atoms with Gasteiger partial charge in [-0.05, 0) is 42.9 Å². The van der Waals surface area contributed by atoms with E-state index in [4.69, 9.17) is 4.74 Å². The third-order valence-corrected chi connectivity index (χ3v) is 4.45. The van der Waals surface area contributed by atoms with Crippen molar-refractivity contribution in [3.05, 3.63) is 29.8 Å². The lowest BCUT2D eigenvalue weighted by molar-refractivity contribution is -0.148. The van der Waals surface area contributed by atoms with Crippen LogP contribution in [0.3, 0.4) is 0 Å². The van der Waals surface area contributed by atoms with E-state index in [1.807, 2.05) is 24.3 Å². The first kappa shape index (κ1) is 13.9. The van der Waals surface area contributed by atoms with Crippen molar-refractivity contribution < 1.29 is 19.4 Å². The maximum absolute atomic E-state index is 12.5. The number of hydrogen-bond acceptors (Lipinski definition) is 3. The summed E-state index contributed by atoms with van der Waals surface area (Å²) in [5, 5.41) is 9.18. The molecule has 21 heavy (non-hydrogen) atoms. The number of carboxylic acid groups (broad SMARTS) is 1. The summed E-state index contributed by atoms with van der Waals surface area (Å²) in [6.07, 6.45) is 2.14. The highest BCUT2D eigenvalue weighted by molar-refractivity contribution is 5.88. The summed E-state index contributed by atoms with van der Waals surface area (Å²) in [4.78, 5) is 25.2. The number of ether oxygens (including phenoxy) is 1. The molecule has 1 N–H and O–H groups in total. The molecule has 3 rings (SSSR count). The molecule has 5 heteroatoms. The number of carboxylic acids is 1. The molecule has 3 atom stereocenters. The smallest absolute Gasteiger partial charge is 0.326 e. The van der Waals surface area contributed by atoms with E-state index in [1.165, 1.54) is 0 Å². The van der Waals surface area contributed by atoms with Gasteiger partial charge in [-0.3, -0.25) is 4.79 Å². The summed E-state index contributed by atoms with van der Waals surface area (Å²) >= 11 is 0. The molecular weight excluding hydrogens is 270 g/mol. The van der Waals surface area contributed by atoms with Gasteiger partial charge in [-0.15, -0.1) is 0 Å². The van der Waals surface area contributed by atoms with Crippen LogP contribution in [0.25, 0.3) is 0 Å². The molecule has 2 fully saturated rings. The van der Waals surface area contributed by atoms with Gasteiger partial charge in [0.25, 0.3) is 0 Å². The second kappa shape index (κ2) is 5.39. The Morgan fingerprint density at radius 3 is 2.90 bits per heavy atom. The lowest BCUT2D eigenvalue weighted by Gasteiger charge is -2.21. The molecule has 1 amide bonds. The van der Waals surface area contributed by atoms with Gasteiger partial charge in [-0.2, -0.15) is 0 Å². The maximum Gasteiger partial charge on any atom is 0.326 e. The molecule has 0 bridgehead atoms. The number of carbonyl (C=O) groups is 2. The van der Waals surface area contributed by atoms with Crippen LogP contribution < -0.4 is 4.74 Å². The molecular formula is C16H19NO4. The standard InChI is InChI=1S/C16H19NO4/c1-21-11-5-2-4-10(8-11)12-9-13(12)15(18)17-7-3-6-14(17)16(19)20/h2,4-5,8,12-14H,3,6-7,9H2,1H3,(H,19,20)/t12-,13-,14-/m1/s1. The Labute approximate surface area is 123 Å². The van der Waals surface area contributed by atoms with Gasteiger partial charge >= 0.3 is 5.97 Å². The number of hydrogen-bond donors (Lipinski definition) is 1. The molecule has 0 unspecified atom stereocenters. The number of aliphatic carboxylic acids is 1. The van der Waals surface area contributed by atoms with Crippen LogP contribution in [0.1, 0.15) is 30.7 Å². The van der Waals surface area contributed by atoms with Crippen LogP contribution in [-0.2, 0) is 9.59 Å². The maximum atomic E-state index is 12.5. The highest BCUT2D eigenvalue weighted by Crippen LogP contribution is 2.49. The molecule has 0 radical (unpaired) electrons. The first-order valence-electron chi connectivity index (χ1n) is 7.29. The highest BCUT2D eigenvalue weighted by Gasteiger charge is 2.48. The summed E-state index contributed by atoms with van der Waals surface area (Å²) in [5.74, 6) is 0.0158. The molecule has 2 aliphatic rings. The number of rotatable bonds is 4. The van der Waals surface area contributed by atoms with E-state index in [0.29, 0.717) is 13.0 Å². The van der Waals surface area contributed by atoms with Crippen molar-refractivity contribution in [2.24, 2.45) is 5.92 Å². The third-order valence-electron chi connectivity index (χ3n) is 4.45. The quantitative estimate of drug-likeness (QED) is 0.919. The molecule has 1 aromatic rings. The largest absolute Gasteiger partial charge is 0.497 e. The molecule has 5 nitrogen and oxygen atoms in total. The van der Waals surface area contributed by atoms with Crippen LogP contribution >= 0.6 is 0 Å². The van der Waals surface area contributed by atoms with Crippen molar-refractivity contribution in [1.82, 2.24) is 4.90 Å². The predicted octanol–water partition coefficient (Wildman–Crippen LogP) is 1.87. The van der Waals surface area contributed by atoms with Gasteiger partial charge in [-0.25, -0.2) is 4.79 Å². The van der Waals surface area contributed by atoms with Crippen molar-refractivity contribution >= 4 is 11.9 Å². The zero-order valence-electron chi connectivity index (χ0n) is 12.0. The zero-order valence-corrected chi connectivity index (χ0v) is 12.0. The normalized spacial score (nSPS) is 27.5. The number of carbonyl (C=O) groups excluding carboxylic acids is 1. The molecule has 1 aliphatic heterocycles. The third kappa shape index (κ3) is 2.60. The second-order valence-corrected chi connectivity index (χ2v) is 5.75. The summed E-state index contributed by atoms with van der Waals surface area (Å²) in [5.41, 5.74) is 1.10. The highest BCUT2D eigenvalue weighted by atomic mass is 16.5. The van der Waals surface area contributed by atoms with E-state index >= 15 is 0 Å². The number of amides is 1. The molecule has 1 aliphatic carbocycles. The van der Waals surface area contributed by atoms with Crippen molar-refractivity contribution in [1.29, 1.82) is 0 Å². The molecule has 1 aromatic carbocycles. The molecule has 1 heterocycles. The average Bonchev–Trinajstić information content (AvgIpc) is 3.14. The van der Waals surface area contributed by atoms with Crippen LogP contribution in [0.15, 0.2) is 24.3 Å². The molecule has 1 saturated heterocycles. The Morgan fingerprint density at radius 1 is 1.38 bits per heavy atom. The van der Waals surface area contributed by atoms with Crippen LogP contribution in [0.2, 0.25) is 0 Å². The van der Waals surface area contributed by atoms with E-state index in [1.54, 1.807) is 12.0 Å². The van der Waals surface area contributed by atoms with Gasteiger partial charge in [0.15, 0.2) is 0 Å². The Bertz CT molecular complexity index is 571. The second-order valence-electron chi connectivity index (χ2n) is 5.75. The predicted molar refractivity (Wildman–Crippen MR) is 76.2 cm³/mol. The van der Waals surface area contributed by atoms with Gasteiger partial charge in [0.05, 0.1) is 7.11 Å². The average molecular weight is 289 g/mol. The zero-order chi connectivity index (χ0) is 15.0. The monoisotopic (exact) mass is 289 g/mol. The molecule has 0 spiro atoms. The van der Waals surface area contributed by atoms with Crippen molar-refractivity contribution in [3.8, 4) is 5.75 Å². The minimum atomic E-state index is -0.889. The van der Waals surface area contributed by atoms with E-state index in [-0.39, 0.29) is 17.7 Å². The topological polar surface area (TPSA) is 66.8 Å². The Hall–Kier alpha value is -2.04. The van der Waals surface area contributed by atoms with E-state index in [2.05, 4.69) is 0 Å². The SMILES string of the molecule is COc1cccc([C@H]2C[C@H]2C(=O)N2CCC[C@@H]2C(=O)O)c1.